The van der Waals surface area contributed by atoms with Gasteiger partial charge < -0.3 is 20.8 Å². The molecule has 0 spiro atoms. The molecule has 0 saturated carbocycles. The van der Waals surface area contributed by atoms with Gasteiger partial charge in [-0.05, 0) is 56.7 Å². The molecule has 0 aliphatic heterocycles. The lowest BCUT2D eigenvalue weighted by molar-refractivity contribution is 0.0569. The van der Waals surface area contributed by atoms with E-state index in [1.807, 2.05) is 19.9 Å². The molecule has 0 bridgehead atoms. The Morgan fingerprint density at radius 2 is 1.79 bits per heavy atom. The zero-order chi connectivity index (χ0) is 28.0. The van der Waals surface area contributed by atoms with Crippen LogP contribution < -0.4 is 20.5 Å². The highest BCUT2D eigenvalue weighted by atomic mass is 32.2. The van der Waals surface area contributed by atoms with Crippen LogP contribution >= 0.6 is 0 Å². The quantitative estimate of drug-likeness (QED) is 0.236. The van der Waals surface area contributed by atoms with Crippen molar-refractivity contribution >= 4 is 44.6 Å². The van der Waals surface area contributed by atoms with Gasteiger partial charge in [0.25, 0.3) is 5.91 Å². The predicted octanol–water partition coefficient (Wildman–Crippen LogP) is 2.71. The maximum atomic E-state index is 13.4. The Kier molecular flexibility index (Phi) is 6.74. The second-order valence-corrected chi connectivity index (χ2v) is 12.2. The van der Waals surface area contributed by atoms with E-state index in [4.69, 9.17) is 10.5 Å². The number of fused-ring (bicyclic) bond motifs is 4. The van der Waals surface area contributed by atoms with Crippen LogP contribution in [-0.4, -0.2) is 49.9 Å². The molecule has 6 N–H and O–H groups in total. The van der Waals surface area contributed by atoms with Gasteiger partial charge in [0.2, 0.25) is 0 Å². The van der Waals surface area contributed by atoms with Crippen molar-refractivity contribution < 1.29 is 27.5 Å². The van der Waals surface area contributed by atoms with E-state index in [0.29, 0.717) is 27.9 Å². The fraction of sp³-hybridized carbons (Fsp3) is 0.346. The summed E-state index contributed by atoms with van der Waals surface area (Å²) in [6, 6.07) is 10.3. The number of rotatable bonds is 6. The lowest BCUT2D eigenvalue weighted by Gasteiger charge is -2.32. The van der Waals surface area contributed by atoms with E-state index in [0.717, 1.165) is 16.6 Å². The van der Waals surface area contributed by atoms with Crippen LogP contribution in [0.25, 0.3) is 10.9 Å². The van der Waals surface area contributed by atoms with Gasteiger partial charge in [-0.3, -0.25) is 9.59 Å². The van der Waals surface area contributed by atoms with Gasteiger partial charge in [-0.25, -0.2) is 9.52 Å². The fourth-order valence-electron chi connectivity index (χ4n) is 4.50. The van der Waals surface area contributed by atoms with Crippen molar-refractivity contribution in [2.24, 2.45) is 0 Å². The summed E-state index contributed by atoms with van der Waals surface area (Å²) in [6.07, 6.45) is -1.11. The normalized spacial score (nSPS) is 14.5. The van der Waals surface area contributed by atoms with Gasteiger partial charge >= 0.3 is 16.3 Å². The van der Waals surface area contributed by atoms with Gasteiger partial charge in [0.15, 0.2) is 5.78 Å². The Morgan fingerprint density at radius 1 is 1.08 bits per heavy atom. The number of nitrogens with two attached hydrogens (primary N) is 1. The van der Waals surface area contributed by atoms with E-state index < -0.39 is 33.2 Å². The largest absolute Gasteiger partial charge is 0.443 e. The first-order chi connectivity index (χ1) is 17.6. The number of hydrogen-bond acceptors (Lipinski definition) is 7. The first kappa shape index (κ1) is 27.1. The van der Waals surface area contributed by atoms with Gasteiger partial charge in [0.05, 0.1) is 5.56 Å². The summed E-state index contributed by atoms with van der Waals surface area (Å²) in [4.78, 5) is 41.3. The van der Waals surface area contributed by atoms with Crippen LogP contribution in [0.2, 0.25) is 0 Å². The van der Waals surface area contributed by atoms with Crippen molar-refractivity contribution in [3.63, 3.8) is 0 Å². The van der Waals surface area contributed by atoms with Crippen LogP contribution in [0, 0.1) is 0 Å². The number of carbonyl (C=O) groups excluding carboxylic acids is 3. The Bertz CT molecular complexity index is 1570. The number of ketones is 1. The first-order valence-electron chi connectivity index (χ1n) is 12.0. The molecule has 202 valence electrons. The molecule has 1 aliphatic carbocycles. The molecule has 1 aromatic heterocycles. The topological polar surface area (TPSA) is 172 Å². The monoisotopic (exact) mass is 541 g/mol. The molecular weight excluding hydrogens is 510 g/mol. The third-order valence-electron chi connectivity index (χ3n) is 6.19. The van der Waals surface area contributed by atoms with E-state index in [1.165, 1.54) is 0 Å². The number of nitrogen functional groups attached to an aromatic ring is 1. The molecule has 2 amide bonds. The number of anilines is 1. The first-order valence-corrected chi connectivity index (χ1v) is 13.5. The SMILES string of the molecule is CC(C)(C)OC(=O)NS(=O)(=O)NCCNC(=O)c1ccc2c(c1)C(C)(C)c1[nH]c3cc(N)ccc3c1C2=O. The number of carbonyl (C=O) groups is 3. The summed E-state index contributed by atoms with van der Waals surface area (Å²) >= 11 is 0. The second kappa shape index (κ2) is 9.44. The van der Waals surface area contributed by atoms with E-state index in [1.54, 1.807) is 55.8 Å². The van der Waals surface area contributed by atoms with E-state index >= 15 is 0 Å². The van der Waals surface area contributed by atoms with Crippen LogP contribution in [0.1, 0.15) is 72.2 Å². The summed E-state index contributed by atoms with van der Waals surface area (Å²) in [7, 11) is -4.17. The van der Waals surface area contributed by atoms with Crippen LogP contribution in [-0.2, 0) is 20.4 Å². The number of H-pyrrole nitrogens is 1. The molecular formula is C26H31N5O6S. The highest BCUT2D eigenvalue weighted by molar-refractivity contribution is 7.88. The van der Waals surface area contributed by atoms with Crippen molar-refractivity contribution in [3.8, 4) is 0 Å². The molecule has 12 heteroatoms. The van der Waals surface area contributed by atoms with Crippen LogP contribution in [0.15, 0.2) is 36.4 Å². The fourth-order valence-corrected chi connectivity index (χ4v) is 5.20. The molecule has 38 heavy (non-hydrogen) atoms. The summed E-state index contributed by atoms with van der Waals surface area (Å²) < 4.78 is 32.9. The molecule has 2 aromatic carbocycles. The molecule has 11 nitrogen and oxygen atoms in total. The molecule has 1 heterocycles. The summed E-state index contributed by atoms with van der Waals surface area (Å²) in [5.41, 5.74) is 8.70. The molecule has 0 saturated heterocycles. The van der Waals surface area contributed by atoms with Crippen LogP contribution in [0.3, 0.4) is 0 Å². The van der Waals surface area contributed by atoms with E-state index in [9.17, 15) is 22.8 Å². The van der Waals surface area contributed by atoms with E-state index in [2.05, 4.69) is 15.0 Å². The van der Waals surface area contributed by atoms with Crippen LogP contribution in [0.5, 0.6) is 0 Å². The predicted molar refractivity (Wildman–Crippen MR) is 143 cm³/mol. The van der Waals surface area contributed by atoms with Crippen molar-refractivity contribution in [2.75, 3.05) is 18.8 Å². The third kappa shape index (κ3) is 5.36. The maximum absolute atomic E-state index is 13.4. The number of hydrogen-bond donors (Lipinski definition) is 5. The van der Waals surface area contributed by atoms with Crippen molar-refractivity contribution in [3.05, 3.63) is 64.3 Å². The maximum Gasteiger partial charge on any atom is 0.422 e. The number of aromatic amines is 1. The lowest BCUT2D eigenvalue weighted by atomic mass is 9.71. The molecule has 4 rings (SSSR count). The Hall–Kier alpha value is -3.90. The highest BCUT2D eigenvalue weighted by Crippen LogP contribution is 2.44. The Labute approximate surface area is 220 Å². The molecule has 0 fully saturated rings. The van der Waals surface area contributed by atoms with Gasteiger partial charge in [-0.15, -0.1) is 0 Å². The smallest absolute Gasteiger partial charge is 0.422 e. The molecule has 0 radical (unpaired) electrons. The summed E-state index contributed by atoms with van der Waals surface area (Å²) in [5, 5.41) is 3.43. The minimum absolute atomic E-state index is 0.0406. The molecule has 3 aromatic rings. The van der Waals surface area contributed by atoms with Gasteiger partial charge in [0.1, 0.15) is 5.60 Å². The molecule has 1 aliphatic rings. The Morgan fingerprint density at radius 3 is 2.47 bits per heavy atom. The van der Waals surface area contributed by atoms with Crippen molar-refractivity contribution in [2.45, 2.75) is 45.6 Å². The second-order valence-electron chi connectivity index (χ2n) is 10.7. The number of nitrogens with one attached hydrogen (secondary N) is 4. The highest BCUT2D eigenvalue weighted by Gasteiger charge is 2.40. The van der Waals surface area contributed by atoms with Crippen LogP contribution in [0.4, 0.5) is 10.5 Å². The minimum Gasteiger partial charge on any atom is -0.443 e. The standard InChI is InChI=1S/C26H31N5O6S/c1-25(2,3)37-24(34)31-38(35,36)29-11-10-28-23(33)14-6-8-16-18(12-14)26(4,5)22-20(21(16)32)17-9-7-15(27)13-19(17)30-22/h6-9,12-13,29-30H,10-11,27H2,1-5H3,(H,28,33)(H,31,34). The summed E-state index contributed by atoms with van der Waals surface area (Å²) in [6.45, 7) is 8.56. The van der Waals surface area contributed by atoms with E-state index in [-0.39, 0.29) is 18.9 Å². The van der Waals surface area contributed by atoms with Crippen molar-refractivity contribution in [1.29, 1.82) is 0 Å². The average Bonchev–Trinajstić information content (AvgIpc) is 3.18. The van der Waals surface area contributed by atoms with Gasteiger partial charge in [0, 0.05) is 51.9 Å². The molecule has 0 atom stereocenters. The minimum atomic E-state index is -4.17. The third-order valence-corrected chi connectivity index (χ3v) is 7.21. The summed E-state index contributed by atoms with van der Waals surface area (Å²) in [5.74, 6) is -0.574. The number of amides is 2. The van der Waals surface area contributed by atoms with Gasteiger partial charge in [-0.1, -0.05) is 19.9 Å². The lowest BCUT2D eigenvalue weighted by Crippen LogP contribution is -2.45. The number of ether oxygens (including phenoxy) is 1. The van der Waals surface area contributed by atoms with Crippen molar-refractivity contribution in [1.82, 2.24) is 19.7 Å². The Balaban J connectivity index is 1.45. The number of aromatic nitrogens is 1. The zero-order valence-electron chi connectivity index (χ0n) is 21.8. The van der Waals surface area contributed by atoms with Gasteiger partial charge in [-0.2, -0.15) is 13.1 Å². The average molecular weight is 542 g/mol. The number of benzene rings is 2. The zero-order valence-corrected chi connectivity index (χ0v) is 22.6. The molecule has 0 unspecified atom stereocenters.